The fraction of sp³-hybridized carbons (Fsp3) is 0.364. The maximum Gasteiger partial charge on any atom is 0.241 e. The Morgan fingerprint density at radius 2 is 1.93 bits per heavy atom. The number of methoxy groups -OCH3 is 1. The van der Waals surface area contributed by atoms with E-state index >= 15 is 0 Å². The van der Waals surface area contributed by atoms with E-state index in [0.717, 1.165) is 11.4 Å². The van der Waals surface area contributed by atoms with E-state index in [4.69, 9.17) is 4.74 Å². The average Bonchev–Trinajstić information content (AvgIpc) is 2.29. The fourth-order valence-corrected chi connectivity index (χ4v) is 1.06. The Labute approximate surface area is 89.6 Å². The summed E-state index contributed by atoms with van der Waals surface area (Å²) in [6.07, 6.45) is 0. The van der Waals surface area contributed by atoms with E-state index < -0.39 is 0 Å². The van der Waals surface area contributed by atoms with Crippen molar-refractivity contribution in [2.75, 3.05) is 19.5 Å². The molecule has 0 spiro atoms. The first-order valence-electron chi connectivity index (χ1n) is 4.79. The number of ether oxygens (including phenoxy) is 1. The minimum absolute atomic E-state index is 0.0531. The molecule has 0 aliphatic heterocycles. The molecule has 0 unspecified atom stereocenters. The van der Waals surface area contributed by atoms with Crippen molar-refractivity contribution in [1.29, 1.82) is 0 Å². The molecule has 4 nitrogen and oxygen atoms in total. The Kier molecular flexibility index (Phi) is 4.12. The molecule has 0 aliphatic carbocycles. The summed E-state index contributed by atoms with van der Waals surface area (Å²) >= 11 is 0. The van der Waals surface area contributed by atoms with Crippen LogP contribution in [-0.2, 0) is 4.79 Å². The quantitative estimate of drug-likeness (QED) is 0.782. The SMILES string of the molecule is CN[C@@H](C)C(=O)Nc1ccc(OC)cc1. The van der Waals surface area contributed by atoms with E-state index in [1.165, 1.54) is 0 Å². The smallest absolute Gasteiger partial charge is 0.241 e. The van der Waals surface area contributed by atoms with Gasteiger partial charge >= 0.3 is 0 Å². The van der Waals surface area contributed by atoms with E-state index in [0.29, 0.717) is 0 Å². The van der Waals surface area contributed by atoms with Gasteiger partial charge in [-0.2, -0.15) is 0 Å². The summed E-state index contributed by atoms with van der Waals surface area (Å²) in [4.78, 5) is 11.5. The normalized spacial score (nSPS) is 11.9. The minimum Gasteiger partial charge on any atom is -0.497 e. The molecule has 0 fully saturated rings. The molecule has 0 bridgehead atoms. The van der Waals surface area contributed by atoms with Crippen molar-refractivity contribution in [1.82, 2.24) is 5.32 Å². The molecule has 1 aromatic carbocycles. The van der Waals surface area contributed by atoms with Gasteiger partial charge in [-0.05, 0) is 38.2 Å². The number of carbonyl (C=O) groups is 1. The summed E-state index contributed by atoms with van der Waals surface area (Å²) < 4.78 is 5.02. The third kappa shape index (κ3) is 3.25. The zero-order chi connectivity index (χ0) is 11.3. The van der Waals surface area contributed by atoms with E-state index in [1.807, 2.05) is 0 Å². The number of benzene rings is 1. The second-order valence-corrected chi connectivity index (χ2v) is 3.23. The predicted molar refractivity (Wildman–Crippen MR) is 60.1 cm³/mol. The first-order valence-corrected chi connectivity index (χ1v) is 4.79. The number of hydrogen-bond donors (Lipinski definition) is 2. The Balaban J connectivity index is 2.61. The topological polar surface area (TPSA) is 50.4 Å². The lowest BCUT2D eigenvalue weighted by Crippen LogP contribution is -2.35. The van der Waals surface area contributed by atoms with Gasteiger partial charge in [0.15, 0.2) is 0 Å². The zero-order valence-corrected chi connectivity index (χ0v) is 9.20. The van der Waals surface area contributed by atoms with Crippen molar-refractivity contribution in [3.63, 3.8) is 0 Å². The van der Waals surface area contributed by atoms with Gasteiger partial charge in [0.1, 0.15) is 5.75 Å². The van der Waals surface area contributed by atoms with Gasteiger partial charge in [-0.1, -0.05) is 0 Å². The predicted octanol–water partition coefficient (Wildman–Crippen LogP) is 1.24. The molecule has 1 amide bonds. The van der Waals surface area contributed by atoms with E-state index in [-0.39, 0.29) is 11.9 Å². The fourth-order valence-electron chi connectivity index (χ4n) is 1.06. The molecule has 1 aromatic rings. The second-order valence-electron chi connectivity index (χ2n) is 3.23. The molecule has 2 N–H and O–H groups in total. The molecule has 0 aromatic heterocycles. The molecule has 0 saturated carbocycles. The van der Waals surface area contributed by atoms with Crippen LogP contribution in [0.4, 0.5) is 5.69 Å². The summed E-state index contributed by atoms with van der Waals surface area (Å²) in [6.45, 7) is 1.80. The van der Waals surface area contributed by atoms with Gasteiger partial charge < -0.3 is 15.4 Å². The van der Waals surface area contributed by atoms with Crippen LogP contribution in [0.25, 0.3) is 0 Å². The van der Waals surface area contributed by atoms with Crippen LogP contribution in [0, 0.1) is 0 Å². The van der Waals surface area contributed by atoms with Gasteiger partial charge in [-0.25, -0.2) is 0 Å². The van der Waals surface area contributed by atoms with Crippen LogP contribution < -0.4 is 15.4 Å². The molecule has 4 heteroatoms. The van der Waals surface area contributed by atoms with Crippen LogP contribution in [0.5, 0.6) is 5.75 Å². The van der Waals surface area contributed by atoms with Gasteiger partial charge in [0.2, 0.25) is 5.91 Å². The highest BCUT2D eigenvalue weighted by molar-refractivity contribution is 5.94. The first-order chi connectivity index (χ1) is 7.17. The van der Waals surface area contributed by atoms with Crippen molar-refractivity contribution >= 4 is 11.6 Å². The van der Waals surface area contributed by atoms with Crippen molar-refractivity contribution in [3.8, 4) is 5.75 Å². The van der Waals surface area contributed by atoms with E-state index in [2.05, 4.69) is 10.6 Å². The van der Waals surface area contributed by atoms with Gasteiger partial charge in [0.25, 0.3) is 0 Å². The molecule has 0 aliphatic rings. The molecule has 1 rings (SSSR count). The molecule has 0 radical (unpaired) electrons. The number of amides is 1. The van der Waals surface area contributed by atoms with Crippen LogP contribution in [0.2, 0.25) is 0 Å². The number of anilines is 1. The van der Waals surface area contributed by atoms with Crippen LogP contribution >= 0.6 is 0 Å². The summed E-state index contributed by atoms with van der Waals surface area (Å²) in [5.74, 6) is 0.720. The van der Waals surface area contributed by atoms with Crippen molar-refractivity contribution in [2.24, 2.45) is 0 Å². The summed E-state index contributed by atoms with van der Waals surface area (Å²) in [7, 11) is 3.36. The lowest BCUT2D eigenvalue weighted by molar-refractivity contribution is -0.117. The van der Waals surface area contributed by atoms with Crippen LogP contribution in [0.15, 0.2) is 24.3 Å². The van der Waals surface area contributed by atoms with Gasteiger partial charge in [0.05, 0.1) is 13.2 Å². The van der Waals surface area contributed by atoms with Crippen LogP contribution in [-0.4, -0.2) is 26.1 Å². The standard InChI is InChI=1S/C11H16N2O2/c1-8(12-2)11(14)13-9-4-6-10(15-3)7-5-9/h4-8,12H,1-3H3,(H,13,14)/t8-/m0/s1. The monoisotopic (exact) mass is 208 g/mol. The highest BCUT2D eigenvalue weighted by Gasteiger charge is 2.09. The van der Waals surface area contributed by atoms with Gasteiger partial charge in [0, 0.05) is 5.69 Å². The first kappa shape index (κ1) is 11.5. The van der Waals surface area contributed by atoms with Crippen LogP contribution in [0.3, 0.4) is 0 Å². The molecule has 82 valence electrons. The number of hydrogen-bond acceptors (Lipinski definition) is 3. The van der Waals surface area contributed by atoms with Crippen molar-refractivity contribution in [2.45, 2.75) is 13.0 Å². The highest BCUT2D eigenvalue weighted by atomic mass is 16.5. The summed E-state index contributed by atoms with van der Waals surface area (Å²) in [6, 6.07) is 7.02. The summed E-state index contributed by atoms with van der Waals surface area (Å²) in [5, 5.41) is 5.66. The minimum atomic E-state index is -0.202. The van der Waals surface area contributed by atoms with E-state index in [1.54, 1.807) is 45.3 Å². The number of carbonyl (C=O) groups excluding carboxylic acids is 1. The largest absolute Gasteiger partial charge is 0.497 e. The molecular formula is C11H16N2O2. The lowest BCUT2D eigenvalue weighted by Gasteiger charge is -2.11. The zero-order valence-electron chi connectivity index (χ0n) is 9.20. The van der Waals surface area contributed by atoms with Crippen molar-refractivity contribution in [3.05, 3.63) is 24.3 Å². The third-order valence-electron chi connectivity index (χ3n) is 2.18. The Morgan fingerprint density at radius 1 is 1.33 bits per heavy atom. The Hall–Kier alpha value is -1.55. The third-order valence-corrected chi connectivity index (χ3v) is 2.18. The molecular weight excluding hydrogens is 192 g/mol. The molecule has 1 atom stereocenters. The average molecular weight is 208 g/mol. The maximum absolute atomic E-state index is 11.5. The Bertz CT molecular complexity index is 322. The molecule has 0 heterocycles. The highest BCUT2D eigenvalue weighted by Crippen LogP contribution is 2.14. The van der Waals surface area contributed by atoms with Gasteiger partial charge in [-0.15, -0.1) is 0 Å². The van der Waals surface area contributed by atoms with Gasteiger partial charge in [-0.3, -0.25) is 4.79 Å². The number of rotatable bonds is 4. The Morgan fingerprint density at radius 3 is 2.40 bits per heavy atom. The summed E-state index contributed by atoms with van der Waals surface area (Å²) in [5.41, 5.74) is 0.767. The lowest BCUT2D eigenvalue weighted by atomic mass is 10.2. The number of nitrogens with one attached hydrogen (secondary N) is 2. The van der Waals surface area contributed by atoms with Crippen molar-refractivity contribution < 1.29 is 9.53 Å². The maximum atomic E-state index is 11.5. The number of likely N-dealkylation sites (N-methyl/N-ethyl adjacent to an activating group) is 1. The molecule has 15 heavy (non-hydrogen) atoms. The second kappa shape index (κ2) is 5.36. The van der Waals surface area contributed by atoms with Crippen LogP contribution in [0.1, 0.15) is 6.92 Å². The van der Waals surface area contributed by atoms with E-state index in [9.17, 15) is 4.79 Å². The molecule has 0 saturated heterocycles.